The number of aromatic nitrogens is 1. The number of aryl methyl sites for hydroxylation is 1. The third kappa shape index (κ3) is 1.93. The van der Waals surface area contributed by atoms with Gasteiger partial charge in [0, 0.05) is 5.39 Å². The SMILES string of the molecule is Cc1nc2ccc(F)cc2c2c1C(=O)N(c1ccc(F)cc1)C2=O. The number of fused-ring (bicyclic) bond motifs is 3. The second-order valence-electron chi connectivity index (χ2n) is 5.53. The summed E-state index contributed by atoms with van der Waals surface area (Å²) in [5.41, 5.74) is 1.38. The molecule has 6 heteroatoms. The van der Waals surface area contributed by atoms with Gasteiger partial charge in [0.1, 0.15) is 11.6 Å². The average molecular weight is 324 g/mol. The van der Waals surface area contributed by atoms with E-state index in [-0.39, 0.29) is 16.8 Å². The summed E-state index contributed by atoms with van der Waals surface area (Å²) in [4.78, 5) is 30.8. The molecule has 0 unspecified atom stereocenters. The maximum absolute atomic E-state index is 13.6. The van der Waals surface area contributed by atoms with E-state index in [1.807, 2.05) is 0 Å². The Kier molecular flexibility index (Phi) is 2.96. The van der Waals surface area contributed by atoms with Gasteiger partial charge in [-0.3, -0.25) is 14.6 Å². The largest absolute Gasteiger partial charge is 0.268 e. The number of carbonyl (C=O) groups excluding carboxylic acids is 2. The summed E-state index contributed by atoms with van der Waals surface area (Å²) in [6.07, 6.45) is 0. The molecule has 1 aromatic heterocycles. The highest BCUT2D eigenvalue weighted by Gasteiger charge is 2.40. The Morgan fingerprint density at radius 3 is 2.21 bits per heavy atom. The van der Waals surface area contributed by atoms with Crippen molar-refractivity contribution < 1.29 is 18.4 Å². The van der Waals surface area contributed by atoms with Crippen molar-refractivity contribution >= 4 is 28.4 Å². The lowest BCUT2D eigenvalue weighted by Crippen LogP contribution is -2.29. The van der Waals surface area contributed by atoms with E-state index < -0.39 is 23.4 Å². The van der Waals surface area contributed by atoms with Crippen LogP contribution in [0.2, 0.25) is 0 Å². The average Bonchev–Trinajstić information content (AvgIpc) is 2.81. The molecule has 0 fully saturated rings. The quantitative estimate of drug-likeness (QED) is 0.642. The van der Waals surface area contributed by atoms with Crippen molar-refractivity contribution in [3.63, 3.8) is 0 Å². The second-order valence-corrected chi connectivity index (χ2v) is 5.53. The summed E-state index contributed by atoms with van der Waals surface area (Å²) in [7, 11) is 0. The van der Waals surface area contributed by atoms with Gasteiger partial charge in [-0.2, -0.15) is 0 Å². The molecule has 3 aromatic rings. The number of hydrogen-bond acceptors (Lipinski definition) is 3. The van der Waals surface area contributed by atoms with E-state index in [1.54, 1.807) is 6.92 Å². The Labute approximate surface area is 135 Å². The van der Waals surface area contributed by atoms with E-state index in [0.29, 0.717) is 16.6 Å². The van der Waals surface area contributed by atoms with Crippen molar-refractivity contribution in [1.29, 1.82) is 0 Å². The van der Waals surface area contributed by atoms with Gasteiger partial charge in [0.25, 0.3) is 11.8 Å². The minimum Gasteiger partial charge on any atom is -0.268 e. The molecule has 0 saturated heterocycles. The summed E-state index contributed by atoms with van der Waals surface area (Å²) < 4.78 is 26.7. The van der Waals surface area contributed by atoms with E-state index in [2.05, 4.69) is 4.98 Å². The molecule has 118 valence electrons. The van der Waals surface area contributed by atoms with E-state index >= 15 is 0 Å². The molecular weight excluding hydrogens is 314 g/mol. The third-order valence-corrected chi connectivity index (χ3v) is 4.05. The zero-order valence-corrected chi connectivity index (χ0v) is 12.5. The summed E-state index contributed by atoms with van der Waals surface area (Å²) in [5, 5.41) is 0.290. The number of rotatable bonds is 1. The lowest BCUT2D eigenvalue weighted by atomic mass is 10.0. The number of carbonyl (C=O) groups is 2. The molecule has 0 N–H and O–H groups in total. The molecule has 2 heterocycles. The van der Waals surface area contributed by atoms with Crippen LogP contribution in [0.4, 0.5) is 14.5 Å². The number of hydrogen-bond donors (Lipinski definition) is 0. The van der Waals surface area contributed by atoms with Crippen LogP contribution in [0, 0.1) is 18.6 Å². The van der Waals surface area contributed by atoms with Crippen molar-refractivity contribution in [3.8, 4) is 0 Å². The molecule has 0 spiro atoms. The molecule has 1 aliphatic heterocycles. The first-order valence-electron chi connectivity index (χ1n) is 7.21. The molecule has 0 radical (unpaired) electrons. The Balaban J connectivity index is 1.98. The minimum absolute atomic E-state index is 0.131. The molecule has 0 bridgehead atoms. The van der Waals surface area contributed by atoms with Gasteiger partial charge >= 0.3 is 0 Å². The lowest BCUT2D eigenvalue weighted by Gasteiger charge is -2.13. The summed E-state index contributed by atoms with van der Waals surface area (Å²) in [5.74, 6) is -2.10. The van der Waals surface area contributed by atoms with Gasteiger partial charge in [0.05, 0.1) is 28.0 Å². The Morgan fingerprint density at radius 1 is 0.875 bits per heavy atom. The highest BCUT2D eigenvalue weighted by molar-refractivity contribution is 6.37. The van der Waals surface area contributed by atoms with Gasteiger partial charge in [-0.05, 0) is 49.4 Å². The predicted octanol–water partition coefficient (Wildman–Crippen LogP) is 3.62. The van der Waals surface area contributed by atoms with Gasteiger partial charge in [-0.1, -0.05) is 0 Å². The summed E-state index contributed by atoms with van der Waals surface area (Å²) in [6, 6.07) is 8.95. The lowest BCUT2D eigenvalue weighted by molar-refractivity contribution is 0.0926. The van der Waals surface area contributed by atoms with Gasteiger partial charge in [0.2, 0.25) is 0 Å². The van der Waals surface area contributed by atoms with Crippen LogP contribution in [-0.2, 0) is 0 Å². The topological polar surface area (TPSA) is 50.3 Å². The highest BCUT2D eigenvalue weighted by atomic mass is 19.1. The molecular formula is C18H10F2N2O2. The first-order valence-corrected chi connectivity index (χ1v) is 7.21. The van der Waals surface area contributed by atoms with Crippen LogP contribution < -0.4 is 4.90 Å². The number of imide groups is 1. The standard InChI is InChI=1S/C18H10F2N2O2/c1-9-15-16(13-8-11(20)4-7-14(13)21-9)18(24)22(17(15)23)12-5-2-10(19)3-6-12/h2-8H,1H3. The van der Waals surface area contributed by atoms with Crippen LogP contribution in [-0.4, -0.2) is 16.8 Å². The van der Waals surface area contributed by atoms with Crippen LogP contribution in [0.5, 0.6) is 0 Å². The number of pyridine rings is 1. The number of nitrogens with zero attached hydrogens (tertiary/aromatic N) is 2. The first kappa shape index (κ1) is 14.4. The Hall–Kier alpha value is -3.15. The molecule has 24 heavy (non-hydrogen) atoms. The normalized spacial score (nSPS) is 13.7. The summed E-state index contributed by atoms with van der Waals surface area (Å²) >= 11 is 0. The molecule has 2 amide bonds. The minimum atomic E-state index is -0.567. The smallest absolute Gasteiger partial charge is 0.268 e. The van der Waals surface area contributed by atoms with Crippen LogP contribution in [0.15, 0.2) is 42.5 Å². The van der Waals surface area contributed by atoms with Crippen LogP contribution in [0.3, 0.4) is 0 Å². The number of amides is 2. The van der Waals surface area contributed by atoms with Crippen LogP contribution >= 0.6 is 0 Å². The van der Waals surface area contributed by atoms with Crippen molar-refractivity contribution in [2.75, 3.05) is 4.90 Å². The van der Waals surface area contributed by atoms with Gasteiger partial charge < -0.3 is 0 Å². The molecule has 0 aliphatic carbocycles. The van der Waals surface area contributed by atoms with Gasteiger partial charge in [-0.25, -0.2) is 13.7 Å². The maximum Gasteiger partial charge on any atom is 0.268 e. The van der Waals surface area contributed by atoms with Crippen LogP contribution in [0.1, 0.15) is 26.4 Å². The van der Waals surface area contributed by atoms with E-state index in [4.69, 9.17) is 0 Å². The molecule has 0 saturated carbocycles. The third-order valence-electron chi connectivity index (χ3n) is 4.05. The summed E-state index contributed by atoms with van der Waals surface area (Å²) in [6.45, 7) is 1.63. The monoisotopic (exact) mass is 324 g/mol. The number of anilines is 1. The fourth-order valence-corrected chi connectivity index (χ4v) is 2.98. The number of halogens is 2. The van der Waals surface area contributed by atoms with Gasteiger partial charge in [0.15, 0.2) is 0 Å². The Morgan fingerprint density at radius 2 is 1.50 bits per heavy atom. The zero-order valence-electron chi connectivity index (χ0n) is 12.5. The van der Waals surface area contributed by atoms with E-state index in [0.717, 1.165) is 4.90 Å². The molecule has 2 aromatic carbocycles. The van der Waals surface area contributed by atoms with Gasteiger partial charge in [-0.15, -0.1) is 0 Å². The first-order chi connectivity index (χ1) is 11.5. The van der Waals surface area contributed by atoms with Crippen LogP contribution in [0.25, 0.3) is 10.9 Å². The van der Waals surface area contributed by atoms with E-state index in [9.17, 15) is 18.4 Å². The molecule has 4 rings (SSSR count). The van der Waals surface area contributed by atoms with Crippen molar-refractivity contribution in [2.45, 2.75) is 6.92 Å². The predicted molar refractivity (Wildman–Crippen MR) is 84.0 cm³/mol. The van der Waals surface area contributed by atoms with Crippen molar-refractivity contribution in [1.82, 2.24) is 4.98 Å². The highest BCUT2D eigenvalue weighted by Crippen LogP contribution is 2.34. The fourth-order valence-electron chi connectivity index (χ4n) is 2.98. The zero-order chi connectivity index (χ0) is 17.0. The van der Waals surface area contributed by atoms with E-state index in [1.165, 1.54) is 42.5 Å². The maximum atomic E-state index is 13.6. The Bertz CT molecular complexity index is 1030. The fraction of sp³-hybridized carbons (Fsp3) is 0.0556. The molecule has 0 atom stereocenters. The number of benzene rings is 2. The molecule has 1 aliphatic rings. The van der Waals surface area contributed by atoms with Crippen molar-refractivity contribution in [3.05, 3.63) is 70.9 Å². The van der Waals surface area contributed by atoms with Crippen molar-refractivity contribution in [2.24, 2.45) is 0 Å². The molecule has 4 nitrogen and oxygen atoms in total. The second kappa shape index (κ2) is 4.92.